The zero-order valence-corrected chi connectivity index (χ0v) is 21.1. The van der Waals surface area contributed by atoms with E-state index in [9.17, 15) is 14.4 Å². The number of hydrogen-bond acceptors (Lipinski definition) is 6. The Morgan fingerprint density at radius 2 is 1.06 bits per heavy atom. The van der Waals surface area contributed by atoms with Crippen molar-refractivity contribution >= 4 is 18.3 Å². The summed E-state index contributed by atoms with van der Waals surface area (Å²) in [7, 11) is 0. The maximum atomic E-state index is 11.9. The zero-order valence-electron chi connectivity index (χ0n) is 21.1. The van der Waals surface area contributed by atoms with Crippen LogP contribution in [0.5, 0.6) is 0 Å². The summed E-state index contributed by atoms with van der Waals surface area (Å²) >= 11 is 0. The fourth-order valence-corrected chi connectivity index (χ4v) is 1.82. The molecule has 0 unspecified atom stereocenters. The Bertz CT molecular complexity index is 834. The Morgan fingerprint density at radius 1 is 0.667 bits per heavy atom. The van der Waals surface area contributed by atoms with Crippen molar-refractivity contribution in [3.05, 3.63) is 11.6 Å². The second-order valence-electron chi connectivity index (χ2n) is 9.86. The van der Waals surface area contributed by atoms with E-state index in [1.54, 1.807) is 62.3 Å². The van der Waals surface area contributed by atoms with Gasteiger partial charge in [0.1, 0.15) is 16.8 Å². The van der Waals surface area contributed by atoms with Gasteiger partial charge in [0.05, 0.1) is 19.6 Å². The molecule has 0 heterocycles. The van der Waals surface area contributed by atoms with Crippen molar-refractivity contribution in [2.45, 2.75) is 79.1 Å². The highest BCUT2D eigenvalue weighted by atomic mass is 16.6. The molecule has 0 rings (SSSR count). The van der Waals surface area contributed by atoms with Crippen molar-refractivity contribution < 1.29 is 28.6 Å². The Labute approximate surface area is 197 Å². The Balaban J connectivity index is 5.01. The van der Waals surface area contributed by atoms with Gasteiger partial charge in [-0.05, 0) is 62.3 Å². The van der Waals surface area contributed by atoms with E-state index in [1.807, 2.05) is 0 Å². The summed E-state index contributed by atoms with van der Waals surface area (Å²) in [5.41, 5.74) is -1.36. The lowest BCUT2D eigenvalue weighted by Gasteiger charge is -2.19. The minimum Gasteiger partial charge on any atom is -0.444 e. The fraction of sp³-hybridized carbons (Fsp3) is 0.625. The standard InChI is InChI=1S/C24H37N3O6/c1-22(2,3)31-19(28)25-15-11-10-13-18(17-27-21(30)33-24(7,8)9)14-12-16-26-20(29)32-23(4,5)6/h13H,15-17H2,1-9H3,(H,25,28)(H,26,29)(H,27,30)/b18-13-. The lowest BCUT2D eigenvalue weighted by atomic mass is 10.2. The van der Waals surface area contributed by atoms with Crippen LogP contribution in [0.25, 0.3) is 0 Å². The Kier molecular flexibility index (Phi) is 11.9. The summed E-state index contributed by atoms with van der Waals surface area (Å²) < 4.78 is 15.5. The Hall–Kier alpha value is -3.33. The highest BCUT2D eigenvalue weighted by molar-refractivity contribution is 5.69. The van der Waals surface area contributed by atoms with E-state index < -0.39 is 35.1 Å². The number of allylic oxidation sites excluding steroid dienone is 1. The van der Waals surface area contributed by atoms with Gasteiger partial charge in [-0.25, -0.2) is 14.4 Å². The minimum atomic E-state index is -0.635. The van der Waals surface area contributed by atoms with Crippen LogP contribution >= 0.6 is 0 Å². The van der Waals surface area contributed by atoms with Crippen LogP contribution in [-0.2, 0) is 14.2 Å². The van der Waals surface area contributed by atoms with Crippen LogP contribution in [0.2, 0.25) is 0 Å². The summed E-state index contributed by atoms with van der Waals surface area (Å²) in [5, 5.41) is 7.65. The van der Waals surface area contributed by atoms with Gasteiger partial charge in [-0.2, -0.15) is 0 Å². The molecule has 0 radical (unpaired) electrons. The number of rotatable bonds is 4. The maximum absolute atomic E-state index is 11.9. The van der Waals surface area contributed by atoms with E-state index >= 15 is 0 Å². The maximum Gasteiger partial charge on any atom is 0.408 e. The molecule has 0 aliphatic carbocycles. The first kappa shape index (κ1) is 29.7. The molecule has 0 spiro atoms. The molecule has 3 amide bonds. The number of nitrogens with one attached hydrogen (secondary N) is 3. The lowest BCUT2D eigenvalue weighted by Crippen LogP contribution is -2.33. The number of alkyl carbamates (subject to hydrolysis) is 3. The summed E-state index contributed by atoms with van der Waals surface area (Å²) in [5.74, 6) is 11.1. The molecular weight excluding hydrogens is 426 g/mol. The molecule has 184 valence electrons. The summed E-state index contributed by atoms with van der Waals surface area (Å²) in [6, 6.07) is 0. The monoisotopic (exact) mass is 463 g/mol. The van der Waals surface area contributed by atoms with E-state index in [-0.39, 0.29) is 19.6 Å². The average Bonchev–Trinajstić information content (AvgIpc) is 2.57. The highest BCUT2D eigenvalue weighted by Gasteiger charge is 2.17. The number of carbonyl (C=O) groups is 3. The highest BCUT2D eigenvalue weighted by Crippen LogP contribution is 2.07. The molecule has 0 aromatic carbocycles. The minimum absolute atomic E-state index is 0.0479. The summed E-state index contributed by atoms with van der Waals surface area (Å²) in [6.07, 6.45) is -0.237. The second kappa shape index (κ2) is 13.3. The molecule has 0 aromatic heterocycles. The van der Waals surface area contributed by atoms with Crippen molar-refractivity contribution in [3.8, 4) is 23.7 Å². The largest absolute Gasteiger partial charge is 0.444 e. The van der Waals surface area contributed by atoms with Crippen LogP contribution in [-0.4, -0.2) is 54.7 Å². The van der Waals surface area contributed by atoms with Gasteiger partial charge in [-0.1, -0.05) is 23.7 Å². The van der Waals surface area contributed by atoms with Gasteiger partial charge in [0.25, 0.3) is 0 Å². The third-order valence-electron chi connectivity index (χ3n) is 2.86. The first-order valence-electron chi connectivity index (χ1n) is 10.5. The fourth-order valence-electron chi connectivity index (χ4n) is 1.82. The molecule has 0 atom stereocenters. The van der Waals surface area contributed by atoms with E-state index in [1.165, 1.54) is 6.08 Å². The van der Waals surface area contributed by atoms with Crippen molar-refractivity contribution in [1.29, 1.82) is 0 Å². The number of hydrogen-bond donors (Lipinski definition) is 3. The molecule has 33 heavy (non-hydrogen) atoms. The molecule has 0 aliphatic rings. The lowest BCUT2D eigenvalue weighted by molar-refractivity contribution is 0.0522. The van der Waals surface area contributed by atoms with Crippen molar-refractivity contribution in [3.63, 3.8) is 0 Å². The zero-order chi connectivity index (χ0) is 25.7. The summed E-state index contributed by atoms with van der Waals surface area (Å²) in [4.78, 5) is 35.2. The molecule has 0 saturated heterocycles. The third kappa shape index (κ3) is 20.3. The molecule has 0 saturated carbocycles. The van der Waals surface area contributed by atoms with Gasteiger partial charge in [-0.15, -0.1) is 0 Å². The third-order valence-corrected chi connectivity index (χ3v) is 2.86. The van der Waals surface area contributed by atoms with Gasteiger partial charge in [0.15, 0.2) is 0 Å². The van der Waals surface area contributed by atoms with Crippen molar-refractivity contribution in [2.75, 3.05) is 19.6 Å². The SMILES string of the molecule is CC(C)(C)OC(=O)NCC#C/C=C(/C#CCNC(=O)OC(C)(C)C)CNC(=O)OC(C)(C)C. The molecule has 0 fully saturated rings. The number of ether oxygens (including phenoxy) is 3. The number of amides is 3. The van der Waals surface area contributed by atoms with E-state index in [2.05, 4.69) is 39.6 Å². The predicted molar refractivity (Wildman–Crippen MR) is 126 cm³/mol. The molecule has 9 heteroatoms. The molecule has 0 aliphatic heterocycles. The Morgan fingerprint density at radius 3 is 1.48 bits per heavy atom. The topological polar surface area (TPSA) is 115 Å². The smallest absolute Gasteiger partial charge is 0.408 e. The van der Waals surface area contributed by atoms with Gasteiger partial charge >= 0.3 is 18.3 Å². The van der Waals surface area contributed by atoms with Crippen LogP contribution in [0, 0.1) is 23.7 Å². The number of carbonyl (C=O) groups excluding carboxylic acids is 3. The average molecular weight is 464 g/mol. The van der Waals surface area contributed by atoms with Crippen LogP contribution < -0.4 is 16.0 Å². The normalized spacial score (nSPS) is 11.6. The first-order chi connectivity index (χ1) is 15.0. The van der Waals surface area contributed by atoms with Crippen LogP contribution in [0.4, 0.5) is 14.4 Å². The van der Waals surface area contributed by atoms with Crippen LogP contribution in [0.3, 0.4) is 0 Å². The van der Waals surface area contributed by atoms with Gasteiger partial charge < -0.3 is 30.2 Å². The van der Waals surface area contributed by atoms with Crippen molar-refractivity contribution in [1.82, 2.24) is 16.0 Å². The van der Waals surface area contributed by atoms with Crippen LogP contribution in [0.15, 0.2) is 11.6 Å². The van der Waals surface area contributed by atoms with Gasteiger partial charge in [0.2, 0.25) is 0 Å². The quantitative estimate of drug-likeness (QED) is 0.434. The predicted octanol–water partition coefficient (Wildman–Crippen LogP) is 3.49. The molecule has 9 nitrogen and oxygen atoms in total. The van der Waals surface area contributed by atoms with E-state index in [4.69, 9.17) is 14.2 Å². The van der Waals surface area contributed by atoms with Crippen LogP contribution in [0.1, 0.15) is 62.3 Å². The molecule has 0 bridgehead atoms. The van der Waals surface area contributed by atoms with E-state index in [0.29, 0.717) is 5.57 Å². The van der Waals surface area contributed by atoms with Gasteiger partial charge in [-0.3, -0.25) is 0 Å². The summed E-state index contributed by atoms with van der Waals surface area (Å²) in [6.45, 7) is 16.1. The van der Waals surface area contributed by atoms with Gasteiger partial charge in [0, 0.05) is 11.6 Å². The first-order valence-corrected chi connectivity index (χ1v) is 10.5. The molecule has 0 aromatic rings. The molecule has 3 N–H and O–H groups in total. The van der Waals surface area contributed by atoms with E-state index in [0.717, 1.165) is 0 Å². The second-order valence-corrected chi connectivity index (χ2v) is 9.86. The molecular formula is C24H37N3O6. The van der Waals surface area contributed by atoms with Crippen molar-refractivity contribution in [2.24, 2.45) is 0 Å².